The molecule has 0 aliphatic heterocycles. The molecule has 0 saturated heterocycles. The fourth-order valence-electron chi connectivity index (χ4n) is 3.99. The fraction of sp³-hybridized carbons (Fsp3) is 0.652. The zero-order chi connectivity index (χ0) is 18.2. The van der Waals surface area contributed by atoms with Crippen LogP contribution in [0, 0.1) is 0 Å². The van der Waals surface area contributed by atoms with Gasteiger partial charge in [-0.15, -0.1) is 0 Å². The van der Waals surface area contributed by atoms with Crippen molar-refractivity contribution in [1.29, 1.82) is 0 Å². The van der Waals surface area contributed by atoms with Crippen molar-refractivity contribution in [3.8, 4) is 0 Å². The number of benzene rings is 1. The highest BCUT2D eigenvalue weighted by atomic mass is 16.5. The van der Waals surface area contributed by atoms with Gasteiger partial charge in [0.2, 0.25) is 5.90 Å². The lowest BCUT2D eigenvalue weighted by Crippen LogP contribution is -2.27. The van der Waals surface area contributed by atoms with E-state index in [1.807, 2.05) is 0 Å². The lowest BCUT2D eigenvalue weighted by Gasteiger charge is -2.23. The maximum absolute atomic E-state index is 6.23. The first-order valence-corrected chi connectivity index (χ1v) is 10.6. The average Bonchev–Trinajstić information content (AvgIpc) is 2.68. The van der Waals surface area contributed by atoms with E-state index in [0.717, 1.165) is 17.2 Å². The molecule has 0 amide bonds. The van der Waals surface area contributed by atoms with Crippen LogP contribution in [0.15, 0.2) is 40.3 Å². The number of rotatable bonds is 5. The van der Waals surface area contributed by atoms with E-state index in [1.54, 1.807) is 0 Å². The minimum Gasteiger partial charge on any atom is -0.474 e. The summed E-state index contributed by atoms with van der Waals surface area (Å²) in [6, 6.07) is 11.3. The van der Waals surface area contributed by atoms with Gasteiger partial charge < -0.3 is 4.74 Å². The van der Waals surface area contributed by atoms with Crippen LogP contribution in [-0.4, -0.2) is 29.8 Å². The molecule has 0 bridgehead atoms. The van der Waals surface area contributed by atoms with Crippen LogP contribution < -0.4 is 0 Å². The summed E-state index contributed by atoms with van der Waals surface area (Å²) in [4.78, 5) is 10.3. The van der Waals surface area contributed by atoms with Gasteiger partial charge in [0, 0.05) is 5.56 Å². The Kier molecular flexibility index (Phi) is 7.28. The van der Waals surface area contributed by atoms with Crippen LogP contribution >= 0.6 is 0 Å². The van der Waals surface area contributed by atoms with Gasteiger partial charge in [-0.3, -0.25) is 4.99 Å². The van der Waals surface area contributed by atoms with E-state index in [2.05, 4.69) is 44.2 Å². The summed E-state index contributed by atoms with van der Waals surface area (Å²) < 4.78 is 6.23. The van der Waals surface area contributed by atoms with Crippen LogP contribution in [0.3, 0.4) is 0 Å². The number of hydrogen-bond acceptors (Lipinski definition) is 3. The molecule has 0 unspecified atom stereocenters. The summed E-state index contributed by atoms with van der Waals surface area (Å²) in [7, 11) is 0. The quantitative estimate of drug-likeness (QED) is 0.474. The van der Waals surface area contributed by atoms with E-state index in [0.29, 0.717) is 12.1 Å². The smallest absolute Gasteiger partial charge is 0.235 e. The first-order chi connectivity index (χ1) is 12.7. The van der Waals surface area contributed by atoms with Crippen molar-refractivity contribution in [2.75, 3.05) is 0 Å². The summed E-state index contributed by atoms with van der Waals surface area (Å²) in [5, 5.41) is 0. The Balaban J connectivity index is 1.94. The van der Waals surface area contributed by atoms with Crippen molar-refractivity contribution in [2.24, 2.45) is 9.98 Å². The topological polar surface area (TPSA) is 34.0 Å². The van der Waals surface area contributed by atoms with Crippen molar-refractivity contribution < 1.29 is 4.74 Å². The Morgan fingerprint density at radius 3 is 1.88 bits per heavy atom. The normalized spacial score (nSPS) is 21.2. The van der Waals surface area contributed by atoms with Gasteiger partial charge in [0.05, 0.1) is 18.2 Å². The highest BCUT2D eigenvalue weighted by molar-refractivity contribution is 6.45. The van der Waals surface area contributed by atoms with E-state index >= 15 is 0 Å². The second-order valence-corrected chi connectivity index (χ2v) is 8.03. The molecule has 0 heterocycles. The van der Waals surface area contributed by atoms with Crippen molar-refractivity contribution in [3.05, 3.63) is 35.9 Å². The molecule has 1 aromatic carbocycles. The predicted octanol–water partition coefficient (Wildman–Crippen LogP) is 5.96. The van der Waals surface area contributed by atoms with Crippen LogP contribution in [0.5, 0.6) is 0 Å². The molecule has 2 saturated carbocycles. The molecule has 3 heteroatoms. The van der Waals surface area contributed by atoms with E-state index in [1.165, 1.54) is 64.2 Å². The Bertz CT molecular complexity index is 594. The van der Waals surface area contributed by atoms with Crippen molar-refractivity contribution >= 4 is 11.6 Å². The van der Waals surface area contributed by atoms with Gasteiger partial charge in [-0.05, 0) is 39.5 Å². The molecule has 2 fully saturated rings. The Labute approximate surface area is 159 Å². The maximum Gasteiger partial charge on any atom is 0.235 e. The maximum atomic E-state index is 6.23. The third-order valence-corrected chi connectivity index (χ3v) is 5.36. The summed E-state index contributed by atoms with van der Waals surface area (Å²) >= 11 is 0. The Morgan fingerprint density at radius 2 is 1.35 bits per heavy atom. The summed E-state index contributed by atoms with van der Waals surface area (Å²) in [5.74, 6) is 0.767. The molecular formula is C23H34N2O. The van der Waals surface area contributed by atoms with E-state index < -0.39 is 0 Å². The minimum atomic E-state index is 0.109. The number of ether oxygens (including phenoxy) is 1. The van der Waals surface area contributed by atoms with Crippen LogP contribution in [-0.2, 0) is 4.74 Å². The van der Waals surface area contributed by atoms with Gasteiger partial charge >= 0.3 is 0 Å². The molecule has 1 aromatic rings. The third kappa shape index (κ3) is 5.69. The standard InChI is InChI=1S/C23H34N2O/c1-18(2)26-23(25-21-16-10-5-11-17-21)22(19-12-6-3-7-13-19)24-20-14-8-4-9-15-20/h3,6-7,12-13,18,20-21H,4-5,8-11,14-17H2,1-2H3. The van der Waals surface area contributed by atoms with Gasteiger partial charge in [-0.2, -0.15) is 0 Å². The molecule has 2 aliphatic carbocycles. The molecule has 3 nitrogen and oxygen atoms in total. The van der Waals surface area contributed by atoms with Crippen LogP contribution in [0.25, 0.3) is 0 Å². The lowest BCUT2D eigenvalue weighted by molar-refractivity contribution is 0.230. The summed E-state index contributed by atoms with van der Waals surface area (Å²) in [5.41, 5.74) is 2.10. The van der Waals surface area contributed by atoms with Gasteiger partial charge in [-0.1, -0.05) is 68.9 Å². The summed E-state index contributed by atoms with van der Waals surface area (Å²) in [6.45, 7) is 4.17. The van der Waals surface area contributed by atoms with Gasteiger partial charge in [0.25, 0.3) is 0 Å². The van der Waals surface area contributed by atoms with Crippen molar-refractivity contribution in [2.45, 2.75) is 96.2 Å². The second-order valence-electron chi connectivity index (χ2n) is 8.03. The number of hydrogen-bond donors (Lipinski definition) is 0. The van der Waals surface area contributed by atoms with Gasteiger partial charge in [-0.25, -0.2) is 4.99 Å². The summed E-state index contributed by atoms with van der Waals surface area (Å²) in [6.07, 6.45) is 12.7. The second kappa shape index (κ2) is 9.89. The van der Waals surface area contributed by atoms with Crippen LogP contribution in [0.1, 0.15) is 83.6 Å². The molecule has 26 heavy (non-hydrogen) atoms. The number of nitrogens with zero attached hydrogens (tertiary/aromatic N) is 2. The monoisotopic (exact) mass is 354 g/mol. The SMILES string of the molecule is CC(C)OC(=NC1CCCCC1)C(=NC1CCCCC1)c1ccccc1. The largest absolute Gasteiger partial charge is 0.474 e. The Morgan fingerprint density at radius 1 is 0.808 bits per heavy atom. The third-order valence-electron chi connectivity index (χ3n) is 5.36. The zero-order valence-electron chi connectivity index (χ0n) is 16.5. The first-order valence-electron chi connectivity index (χ1n) is 10.6. The molecule has 0 aromatic heterocycles. The lowest BCUT2D eigenvalue weighted by atomic mass is 9.95. The van der Waals surface area contributed by atoms with Crippen molar-refractivity contribution in [1.82, 2.24) is 0 Å². The van der Waals surface area contributed by atoms with E-state index in [9.17, 15) is 0 Å². The van der Waals surface area contributed by atoms with E-state index in [4.69, 9.17) is 14.7 Å². The van der Waals surface area contributed by atoms with Crippen LogP contribution in [0.2, 0.25) is 0 Å². The molecule has 0 atom stereocenters. The highest BCUT2D eigenvalue weighted by Crippen LogP contribution is 2.24. The van der Waals surface area contributed by atoms with Gasteiger partial charge in [0.1, 0.15) is 5.71 Å². The number of aliphatic imine (C=N–C) groups is 2. The molecular weight excluding hydrogens is 320 g/mol. The van der Waals surface area contributed by atoms with Crippen molar-refractivity contribution in [3.63, 3.8) is 0 Å². The molecule has 0 radical (unpaired) electrons. The minimum absolute atomic E-state index is 0.109. The predicted molar refractivity (Wildman–Crippen MR) is 110 cm³/mol. The molecule has 2 aliphatic rings. The molecule has 3 rings (SSSR count). The van der Waals surface area contributed by atoms with Gasteiger partial charge in [0.15, 0.2) is 0 Å². The zero-order valence-corrected chi connectivity index (χ0v) is 16.5. The molecule has 142 valence electrons. The Hall–Kier alpha value is -1.64. The molecule has 0 N–H and O–H groups in total. The fourth-order valence-corrected chi connectivity index (χ4v) is 3.99. The first kappa shape index (κ1) is 19.1. The van der Waals surface area contributed by atoms with Crippen LogP contribution in [0.4, 0.5) is 0 Å². The van der Waals surface area contributed by atoms with E-state index in [-0.39, 0.29) is 6.10 Å². The molecule has 0 spiro atoms. The average molecular weight is 355 g/mol. The highest BCUT2D eigenvalue weighted by Gasteiger charge is 2.22.